The number of carboxylic acid groups (broad SMARTS) is 1. The van der Waals surface area contributed by atoms with Crippen LogP contribution in [0.25, 0.3) is 10.8 Å². The average molecular weight is 420 g/mol. The number of hydrogen-bond acceptors (Lipinski definition) is 4. The molecule has 0 radical (unpaired) electrons. The first-order valence-corrected chi connectivity index (χ1v) is 8.91. The Bertz CT molecular complexity index is 1070. The number of halogens is 2. The van der Waals surface area contributed by atoms with Crippen molar-refractivity contribution in [2.75, 3.05) is 11.9 Å². The van der Waals surface area contributed by atoms with Gasteiger partial charge in [0.05, 0.1) is 17.2 Å². The van der Waals surface area contributed by atoms with E-state index in [1.807, 2.05) is 0 Å². The van der Waals surface area contributed by atoms with Crippen molar-refractivity contribution in [3.63, 3.8) is 0 Å². The molecule has 0 aromatic heterocycles. The first-order valence-electron chi connectivity index (χ1n) is 8.16. The first kappa shape index (κ1) is 19.9. The smallest absolute Gasteiger partial charge is 0.335 e. The largest absolute Gasteiger partial charge is 0.483 e. The molecule has 0 bridgehead atoms. The van der Waals surface area contributed by atoms with Crippen LogP contribution in [0.2, 0.25) is 10.0 Å². The highest BCUT2D eigenvalue weighted by atomic mass is 35.5. The van der Waals surface area contributed by atoms with Gasteiger partial charge < -0.3 is 20.3 Å². The fourth-order valence-corrected chi connectivity index (χ4v) is 3.32. The van der Waals surface area contributed by atoms with Gasteiger partial charge in [-0.3, -0.25) is 4.79 Å². The van der Waals surface area contributed by atoms with E-state index in [1.165, 1.54) is 18.2 Å². The van der Waals surface area contributed by atoms with Gasteiger partial charge in [0.1, 0.15) is 5.75 Å². The van der Waals surface area contributed by atoms with Crippen molar-refractivity contribution >= 4 is 51.5 Å². The summed E-state index contributed by atoms with van der Waals surface area (Å²) in [6.07, 6.45) is 0. The fraction of sp³-hybridized carbons (Fsp3) is 0.100. The van der Waals surface area contributed by atoms with Crippen LogP contribution in [0, 0.1) is 0 Å². The van der Waals surface area contributed by atoms with E-state index in [0.29, 0.717) is 27.0 Å². The molecule has 0 spiro atoms. The minimum absolute atomic E-state index is 0.0168. The molecule has 0 saturated heterocycles. The first-order chi connectivity index (χ1) is 13.4. The van der Waals surface area contributed by atoms with Crippen molar-refractivity contribution in [2.24, 2.45) is 0 Å². The number of carboxylic acids is 1. The maximum Gasteiger partial charge on any atom is 0.335 e. The van der Waals surface area contributed by atoms with Gasteiger partial charge in [0.2, 0.25) is 0 Å². The maximum atomic E-state index is 12.2. The molecular formula is C20H15Cl2NO5. The molecule has 0 fully saturated rings. The summed E-state index contributed by atoms with van der Waals surface area (Å²) < 4.78 is 5.57. The molecule has 6 nitrogen and oxygen atoms in total. The van der Waals surface area contributed by atoms with Crippen LogP contribution < -0.4 is 10.1 Å². The van der Waals surface area contributed by atoms with Crippen molar-refractivity contribution in [3.8, 4) is 5.75 Å². The molecule has 8 heteroatoms. The molecule has 3 aromatic rings. The van der Waals surface area contributed by atoms with Crippen LogP contribution in [0.5, 0.6) is 5.75 Å². The molecule has 0 aliphatic rings. The second-order valence-electron chi connectivity index (χ2n) is 5.96. The summed E-state index contributed by atoms with van der Waals surface area (Å²) in [4.78, 5) is 23.6. The summed E-state index contributed by atoms with van der Waals surface area (Å²) in [7, 11) is 0. The lowest BCUT2D eigenvalue weighted by molar-refractivity contribution is -0.118. The molecule has 0 heterocycles. The minimum atomic E-state index is -1.15. The number of rotatable bonds is 6. The van der Waals surface area contributed by atoms with Crippen molar-refractivity contribution in [2.45, 2.75) is 6.61 Å². The predicted molar refractivity (Wildman–Crippen MR) is 107 cm³/mol. The Labute approximate surface area is 170 Å². The lowest BCUT2D eigenvalue weighted by Gasteiger charge is -2.13. The second-order valence-corrected chi connectivity index (χ2v) is 6.80. The highest BCUT2D eigenvalue weighted by molar-refractivity contribution is 6.39. The standard InChI is InChI=1S/C20H15Cl2NO5/c21-14-6-12-5-13(20(26)27)7-17(19(12)16(22)8-14)28-10-18(25)23-15-3-1-2-11(4-15)9-24/h1-8,24H,9-10H2,(H,23,25)(H,26,27). The van der Waals surface area contributed by atoms with Gasteiger partial charge in [-0.25, -0.2) is 4.79 Å². The molecule has 144 valence electrons. The van der Waals surface area contributed by atoms with Crippen molar-refractivity contribution in [1.82, 2.24) is 0 Å². The van der Waals surface area contributed by atoms with Crippen LogP contribution in [0.4, 0.5) is 5.69 Å². The zero-order valence-corrected chi connectivity index (χ0v) is 15.9. The number of anilines is 1. The summed E-state index contributed by atoms with van der Waals surface area (Å²) >= 11 is 12.2. The van der Waals surface area contributed by atoms with Crippen LogP contribution in [-0.4, -0.2) is 28.7 Å². The Hall–Kier alpha value is -2.80. The number of carbonyl (C=O) groups is 2. The van der Waals surface area contributed by atoms with Gasteiger partial charge in [0.25, 0.3) is 5.91 Å². The molecule has 3 aromatic carbocycles. The number of carbonyl (C=O) groups excluding carboxylic acids is 1. The van der Waals surface area contributed by atoms with Crippen LogP contribution in [0.3, 0.4) is 0 Å². The zero-order chi connectivity index (χ0) is 20.3. The highest BCUT2D eigenvalue weighted by Gasteiger charge is 2.15. The van der Waals surface area contributed by atoms with Crippen molar-refractivity contribution < 1.29 is 24.5 Å². The fourth-order valence-electron chi connectivity index (χ4n) is 2.72. The lowest BCUT2D eigenvalue weighted by Crippen LogP contribution is -2.20. The summed E-state index contributed by atoms with van der Waals surface area (Å²) in [6.45, 7) is -0.504. The molecule has 0 aliphatic carbocycles. The van der Waals surface area contributed by atoms with Gasteiger partial charge in [-0.05, 0) is 47.3 Å². The average Bonchev–Trinajstić information content (AvgIpc) is 2.65. The van der Waals surface area contributed by atoms with Gasteiger partial charge in [-0.1, -0.05) is 35.3 Å². The zero-order valence-electron chi connectivity index (χ0n) is 14.4. The van der Waals surface area contributed by atoms with E-state index in [1.54, 1.807) is 30.3 Å². The van der Waals surface area contributed by atoms with Gasteiger partial charge in [0.15, 0.2) is 6.61 Å². The summed E-state index contributed by atoms with van der Waals surface area (Å²) in [5.74, 6) is -1.43. The Balaban J connectivity index is 1.84. The Morgan fingerprint density at radius 3 is 2.57 bits per heavy atom. The number of benzene rings is 3. The topological polar surface area (TPSA) is 95.9 Å². The number of fused-ring (bicyclic) bond motifs is 1. The summed E-state index contributed by atoms with van der Waals surface area (Å²) in [6, 6.07) is 12.6. The van der Waals surface area contributed by atoms with E-state index in [-0.39, 0.29) is 29.5 Å². The second kappa shape index (κ2) is 8.48. The highest BCUT2D eigenvalue weighted by Crippen LogP contribution is 2.36. The Morgan fingerprint density at radius 2 is 1.86 bits per heavy atom. The molecule has 0 saturated carbocycles. The number of ether oxygens (including phenoxy) is 1. The van der Waals surface area contributed by atoms with Crippen molar-refractivity contribution in [1.29, 1.82) is 0 Å². The number of aliphatic hydroxyl groups excluding tert-OH is 1. The molecule has 0 atom stereocenters. The number of aliphatic hydroxyl groups is 1. The van der Waals surface area contributed by atoms with E-state index in [9.17, 15) is 14.7 Å². The van der Waals surface area contributed by atoms with Crippen LogP contribution in [-0.2, 0) is 11.4 Å². The monoisotopic (exact) mass is 419 g/mol. The number of hydrogen-bond donors (Lipinski definition) is 3. The minimum Gasteiger partial charge on any atom is -0.483 e. The molecule has 0 unspecified atom stereocenters. The predicted octanol–water partition coefficient (Wildman–Crippen LogP) is 4.35. The van der Waals surface area contributed by atoms with Crippen LogP contribution in [0.15, 0.2) is 48.5 Å². The van der Waals surface area contributed by atoms with E-state index in [2.05, 4.69) is 5.32 Å². The van der Waals surface area contributed by atoms with Gasteiger partial charge in [0, 0.05) is 16.1 Å². The Kier molecular flexibility index (Phi) is 6.04. The van der Waals surface area contributed by atoms with Crippen molar-refractivity contribution in [3.05, 3.63) is 69.7 Å². The van der Waals surface area contributed by atoms with E-state index >= 15 is 0 Å². The third kappa shape index (κ3) is 4.54. The molecular weight excluding hydrogens is 405 g/mol. The van der Waals surface area contributed by atoms with Gasteiger partial charge in [-0.15, -0.1) is 0 Å². The van der Waals surface area contributed by atoms with E-state index in [0.717, 1.165) is 0 Å². The molecule has 28 heavy (non-hydrogen) atoms. The van der Waals surface area contributed by atoms with E-state index < -0.39 is 11.9 Å². The molecule has 3 N–H and O–H groups in total. The number of amides is 1. The lowest BCUT2D eigenvalue weighted by atomic mass is 10.1. The Morgan fingerprint density at radius 1 is 1.07 bits per heavy atom. The summed E-state index contributed by atoms with van der Waals surface area (Å²) in [5, 5.41) is 22.7. The van der Waals surface area contributed by atoms with Gasteiger partial charge in [-0.2, -0.15) is 0 Å². The molecule has 0 aliphatic heterocycles. The number of nitrogens with one attached hydrogen (secondary N) is 1. The molecule has 3 rings (SSSR count). The van der Waals surface area contributed by atoms with E-state index in [4.69, 9.17) is 33.0 Å². The van der Waals surface area contributed by atoms with Crippen LogP contribution >= 0.6 is 23.2 Å². The molecule has 1 amide bonds. The maximum absolute atomic E-state index is 12.2. The SMILES string of the molecule is O=C(COc1cc(C(=O)O)cc2cc(Cl)cc(Cl)c12)Nc1cccc(CO)c1. The third-order valence-electron chi connectivity index (χ3n) is 3.93. The van der Waals surface area contributed by atoms with Gasteiger partial charge >= 0.3 is 5.97 Å². The third-order valence-corrected chi connectivity index (χ3v) is 4.44. The van der Waals surface area contributed by atoms with Crippen LogP contribution in [0.1, 0.15) is 15.9 Å². The number of aromatic carboxylic acids is 1. The quantitative estimate of drug-likeness (QED) is 0.551. The summed E-state index contributed by atoms with van der Waals surface area (Å²) in [5.41, 5.74) is 1.15. The normalized spacial score (nSPS) is 10.7.